The predicted molar refractivity (Wildman–Crippen MR) is 82.3 cm³/mol. The van der Waals surface area contributed by atoms with Gasteiger partial charge in [-0.2, -0.15) is 0 Å². The number of urea groups is 1. The molecule has 3 rings (SSSR count). The molecule has 1 aromatic rings. The molecule has 0 saturated heterocycles. The summed E-state index contributed by atoms with van der Waals surface area (Å²) in [4.78, 5) is 11.9. The first-order chi connectivity index (χ1) is 10.2. The summed E-state index contributed by atoms with van der Waals surface area (Å²) in [5, 5.41) is 5.63. The first kappa shape index (κ1) is 14.5. The van der Waals surface area contributed by atoms with Crippen molar-refractivity contribution in [3.8, 4) is 5.75 Å². The molecule has 1 saturated carbocycles. The van der Waals surface area contributed by atoms with Crippen LogP contribution in [0.3, 0.4) is 0 Å². The van der Waals surface area contributed by atoms with Crippen LogP contribution in [0.15, 0.2) is 12.1 Å². The van der Waals surface area contributed by atoms with Gasteiger partial charge in [-0.3, -0.25) is 0 Å². The van der Waals surface area contributed by atoms with Crippen molar-refractivity contribution in [2.75, 3.05) is 17.5 Å². The maximum absolute atomic E-state index is 14.2. The van der Waals surface area contributed by atoms with Crippen molar-refractivity contribution < 1.29 is 13.9 Å². The lowest BCUT2D eigenvalue weighted by Crippen LogP contribution is -2.53. The standard InChI is InChI=1S/C15H19FN2O2S/c1-21-9-20-11-6-5-10(16)13-12(11)15(18-14(19)17-13)7-3-2-4-8-15/h5-6H,2-4,7-9H2,1H3,(H2,17,18,19). The summed E-state index contributed by atoms with van der Waals surface area (Å²) in [5.74, 6) is 0.763. The van der Waals surface area contributed by atoms with Crippen LogP contribution in [0.5, 0.6) is 5.75 Å². The zero-order valence-electron chi connectivity index (χ0n) is 12.0. The van der Waals surface area contributed by atoms with Crippen molar-refractivity contribution in [3.05, 3.63) is 23.5 Å². The van der Waals surface area contributed by atoms with E-state index in [9.17, 15) is 9.18 Å². The SMILES string of the molecule is CSCOc1ccc(F)c2c1C1(CCCCC1)NC(=O)N2. The highest BCUT2D eigenvalue weighted by molar-refractivity contribution is 7.98. The van der Waals surface area contributed by atoms with Gasteiger partial charge in [0.25, 0.3) is 0 Å². The van der Waals surface area contributed by atoms with Gasteiger partial charge in [0.05, 0.1) is 11.2 Å². The fourth-order valence-corrected chi connectivity index (χ4v) is 3.60. The zero-order chi connectivity index (χ0) is 14.9. The van der Waals surface area contributed by atoms with Gasteiger partial charge in [0, 0.05) is 5.56 Å². The Morgan fingerprint density at radius 3 is 2.81 bits per heavy atom. The third kappa shape index (κ3) is 2.57. The first-order valence-electron chi connectivity index (χ1n) is 7.20. The fourth-order valence-electron chi connectivity index (χ4n) is 3.35. The summed E-state index contributed by atoms with van der Waals surface area (Å²) in [6.07, 6.45) is 6.80. The Labute approximate surface area is 127 Å². The fraction of sp³-hybridized carbons (Fsp3) is 0.533. The van der Waals surface area contributed by atoms with Crippen LogP contribution in [-0.2, 0) is 5.54 Å². The van der Waals surface area contributed by atoms with Crippen molar-refractivity contribution in [2.45, 2.75) is 37.6 Å². The van der Waals surface area contributed by atoms with E-state index in [-0.39, 0.29) is 11.7 Å². The number of hydrogen-bond donors (Lipinski definition) is 2. The molecule has 2 aliphatic rings. The quantitative estimate of drug-likeness (QED) is 0.835. The van der Waals surface area contributed by atoms with E-state index in [1.165, 1.54) is 6.07 Å². The number of amides is 2. The lowest BCUT2D eigenvalue weighted by Gasteiger charge is -2.43. The number of anilines is 1. The van der Waals surface area contributed by atoms with Crippen LogP contribution in [0.2, 0.25) is 0 Å². The van der Waals surface area contributed by atoms with Crippen molar-refractivity contribution in [1.29, 1.82) is 0 Å². The summed E-state index contributed by atoms with van der Waals surface area (Å²) >= 11 is 1.56. The maximum atomic E-state index is 14.2. The molecule has 1 spiro atoms. The summed E-state index contributed by atoms with van der Waals surface area (Å²) < 4.78 is 20.0. The maximum Gasteiger partial charge on any atom is 0.320 e. The second-order valence-corrected chi connectivity index (χ2v) is 6.38. The number of carbonyl (C=O) groups excluding carboxylic acids is 1. The number of ether oxygens (including phenoxy) is 1. The highest BCUT2D eigenvalue weighted by Crippen LogP contribution is 2.47. The smallest absolute Gasteiger partial charge is 0.320 e. The number of hydrogen-bond acceptors (Lipinski definition) is 3. The van der Waals surface area contributed by atoms with E-state index in [0.29, 0.717) is 11.7 Å². The second-order valence-electron chi connectivity index (χ2n) is 5.57. The Bertz CT molecular complexity index is 559. The molecule has 1 heterocycles. The lowest BCUT2D eigenvalue weighted by atomic mass is 9.74. The molecule has 6 heteroatoms. The summed E-state index contributed by atoms with van der Waals surface area (Å²) in [5.41, 5.74) is 0.557. The highest BCUT2D eigenvalue weighted by Gasteiger charge is 2.43. The molecule has 21 heavy (non-hydrogen) atoms. The minimum Gasteiger partial charge on any atom is -0.483 e. The van der Waals surface area contributed by atoms with Crippen molar-refractivity contribution in [3.63, 3.8) is 0 Å². The molecule has 1 aromatic carbocycles. The molecule has 1 fully saturated rings. The summed E-state index contributed by atoms with van der Waals surface area (Å²) in [6.45, 7) is 0. The van der Waals surface area contributed by atoms with Crippen LogP contribution in [0, 0.1) is 5.82 Å². The average molecular weight is 310 g/mol. The molecule has 0 atom stereocenters. The van der Waals surface area contributed by atoms with Crippen LogP contribution in [0.4, 0.5) is 14.9 Å². The summed E-state index contributed by atoms with van der Waals surface area (Å²) in [6, 6.07) is 2.70. The molecule has 2 N–H and O–H groups in total. The Morgan fingerprint density at radius 2 is 2.10 bits per heavy atom. The van der Waals surface area contributed by atoms with Crippen molar-refractivity contribution >= 4 is 23.5 Å². The third-order valence-corrected chi connectivity index (χ3v) is 4.58. The molecule has 1 aliphatic carbocycles. The molecule has 114 valence electrons. The number of benzene rings is 1. The van der Waals surface area contributed by atoms with E-state index in [2.05, 4.69) is 10.6 Å². The van der Waals surface area contributed by atoms with Crippen LogP contribution < -0.4 is 15.4 Å². The largest absolute Gasteiger partial charge is 0.483 e. The van der Waals surface area contributed by atoms with Crippen LogP contribution >= 0.6 is 11.8 Å². The van der Waals surface area contributed by atoms with E-state index in [0.717, 1.165) is 37.7 Å². The highest BCUT2D eigenvalue weighted by atomic mass is 32.2. The van der Waals surface area contributed by atoms with Crippen LogP contribution in [-0.4, -0.2) is 18.2 Å². The molecule has 0 bridgehead atoms. The van der Waals surface area contributed by atoms with Crippen molar-refractivity contribution in [2.24, 2.45) is 0 Å². The van der Waals surface area contributed by atoms with E-state index < -0.39 is 11.4 Å². The number of rotatable bonds is 3. The number of carbonyl (C=O) groups is 1. The molecule has 0 unspecified atom stereocenters. The van der Waals surface area contributed by atoms with E-state index >= 15 is 0 Å². The Balaban J connectivity index is 2.11. The Morgan fingerprint density at radius 1 is 1.33 bits per heavy atom. The van der Waals surface area contributed by atoms with E-state index in [1.54, 1.807) is 17.8 Å². The van der Waals surface area contributed by atoms with Gasteiger partial charge in [0.2, 0.25) is 0 Å². The van der Waals surface area contributed by atoms with Crippen LogP contribution in [0.25, 0.3) is 0 Å². The monoisotopic (exact) mass is 310 g/mol. The molecule has 4 nitrogen and oxygen atoms in total. The average Bonchev–Trinajstić information content (AvgIpc) is 2.48. The first-order valence-corrected chi connectivity index (χ1v) is 8.59. The molecular weight excluding hydrogens is 291 g/mol. The van der Waals surface area contributed by atoms with Crippen LogP contribution in [0.1, 0.15) is 37.7 Å². The van der Waals surface area contributed by atoms with E-state index in [4.69, 9.17) is 4.74 Å². The van der Waals surface area contributed by atoms with Gasteiger partial charge in [-0.1, -0.05) is 19.3 Å². The third-order valence-electron chi connectivity index (χ3n) is 4.23. The second kappa shape index (κ2) is 5.75. The number of thioether (sulfide) groups is 1. The number of fused-ring (bicyclic) bond motifs is 2. The van der Waals surface area contributed by atoms with Gasteiger partial charge < -0.3 is 15.4 Å². The van der Waals surface area contributed by atoms with Crippen molar-refractivity contribution in [1.82, 2.24) is 5.32 Å². The minimum absolute atomic E-state index is 0.277. The normalized spacial score (nSPS) is 19.6. The van der Waals surface area contributed by atoms with E-state index in [1.807, 2.05) is 6.26 Å². The molecule has 2 amide bonds. The Hall–Kier alpha value is -1.43. The zero-order valence-corrected chi connectivity index (χ0v) is 12.8. The van der Waals surface area contributed by atoms with Gasteiger partial charge in [-0.05, 0) is 31.2 Å². The van der Waals surface area contributed by atoms with Gasteiger partial charge in [0.15, 0.2) is 0 Å². The van der Waals surface area contributed by atoms with Gasteiger partial charge >= 0.3 is 6.03 Å². The molecule has 1 aliphatic heterocycles. The number of nitrogens with one attached hydrogen (secondary N) is 2. The molecule has 0 aromatic heterocycles. The lowest BCUT2D eigenvalue weighted by molar-refractivity contribution is 0.204. The topological polar surface area (TPSA) is 50.4 Å². The van der Waals surface area contributed by atoms with Gasteiger partial charge in [-0.15, -0.1) is 11.8 Å². The minimum atomic E-state index is -0.494. The van der Waals surface area contributed by atoms with Gasteiger partial charge in [0.1, 0.15) is 17.5 Å². The number of halogens is 1. The molecule has 0 radical (unpaired) electrons. The summed E-state index contributed by atoms with van der Waals surface area (Å²) in [7, 11) is 0. The molecular formula is C15H19FN2O2S. The van der Waals surface area contributed by atoms with Gasteiger partial charge in [-0.25, -0.2) is 9.18 Å². The predicted octanol–water partition coefficient (Wildman–Crippen LogP) is 3.82. The Kier molecular flexibility index (Phi) is 3.97.